The van der Waals surface area contributed by atoms with Crippen LogP contribution in [0.2, 0.25) is 0 Å². The van der Waals surface area contributed by atoms with Crippen LogP contribution >= 0.6 is 15.9 Å². The number of aromatic nitrogens is 2. The lowest BCUT2D eigenvalue weighted by Crippen LogP contribution is -2.29. The molecule has 2 heterocycles. The summed E-state index contributed by atoms with van der Waals surface area (Å²) in [7, 11) is 0. The molecule has 0 spiro atoms. The molecule has 1 aromatic carbocycles. The first-order valence-electron chi connectivity index (χ1n) is 6.62. The number of anilines is 1. The number of fused-ring (bicyclic) bond motifs is 1. The highest BCUT2D eigenvalue weighted by Crippen LogP contribution is 2.39. The number of rotatable bonds is 3. The second kappa shape index (κ2) is 4.49. The predicted octanol–water partition coefficient (Wildman–Crippen LogP) is 2.44. The van der Waals surface area contributed by atoms with Gasteiger partial charge < -0.3 is 4.52 Å². The Labute approximate surface area is 128 Å². The summed E-state index contributed by atoms with van der Waals surface area (Å²) >= 11 is 3.31. The molecular weight excluding hydrogens is 338 g/mol. The standard InChI is InChI=1S/C14H10BrN3O3/c15-8-2-1-3-9-11(8)12(19)14(20)18(9)6-10-16-13(17-21-10)7-4-5-7/h1-3,7H,4-6H2. The zero-order valence-electron chi connectivity index (χ0n) is 10.9. The molecule has 0 saturated heterocycles. The van der Waals surface area contributed by atoms with Gasteiger partial charge in [0, 0.05) is 10.4 Å². The van der Waals surface area contributed by atoms with Gasteiger partial charge in [-0.2, -0.15) is 4.98 Å². The van der Waals surface area contributed by atoms with Gasteiger partial charge >= 0.3 is 0 Å². The van der Waals surface area contributed by atoms with Gasteiger partial charge in [0.05, 0.1) is 11.3 Å². The van der Waals surface area contributed by atoms with Crippen LogP contribution in [0.1, 0.15) is 40.8 Å². The fourth-order valence-corrected chi connectivity index (χ4v) is 2.97. The Morgan fingerprint density at radius 2 is 2.14 bits per heavy atom. The molecule has 1 aliphatic carbocycles. The molecule has 21 heavy (non-hydrogen) atoms. The van der Waals surface area contributed by atoms with E-state index in [1.165, 1.54) is 4.90 Å². The smallest absolute Gasteiger partial charge is 0.299 e. The molecule has 1 fully saturated rings. The highest BCUT2D eigenvalue weighted by atomic mass is 79.9. The van der Waals surface area contributed by atoms with Gasteiger partial charge in [-0.1, -0.05) is 11.2 Å². The second-order valence-corrected chi connectivity index (χ2v) is 6.03. The molecule has 1 amide bonds. The second-order valence-electron chi connectivity index (χ2n) is 5.17. The van der Waals surface area contributed by atoms with E-state index >= 15 is 0 Å². The van der Waals surface area contributed by atoms with E-state index in [1.807, 2.05) is 0 Å². The van der Waals surface area contributed by atoms with E-state index in [2.05, 4.69) is 26.1 Å². The van der Waals surface area contributed by atoms with Crippen LogP contribution in [-0.4, -0.2) is 21.8 Å². The van der Waals surface area contributed by atoms with Crippen molar-refractivity contribution in [1.29, 1.82) is 0 Å². The van der Waals surface area contributed by atoms with Crippen molar-refractivity contribution in [3.63, 3.8) is 0 Å². The first kappa shape index (κ1) is 12.7. The molecule has 0 radical (unpaired) electrons. The summed E-state index contributed by atoms with van der Waals surface area (Å²) in [6, 6.07) is 5.26. The SMILES string of the molecule is O=C1C(=O)N(Cc2nc(C3CC3)no2)c2cccc(Br)c21. The van der Waals surface area contributed by atoms with Crippen molar-refractivity contribution in [2.75, 3.05) is 4.90 Å². The zero-order valence-corrected chi connectivity index (χ0v) is 12.5. The van der Waals surface area contributed by atoms with Crippen LogP contribution in [0.5, 0.6) is 0 Å². The molecule has 106 valence electrons. The van der Waals surface area contributed by atoms with Crippen LogP contribution < -0.4 is 4.90 Å². The minimum Gasteiger partial charge on any atom is -0.337 e. The third-order valence-corrected chi connectivity index (χ3v) is 4.33. The summed E-state index contributed by atoms with van der Waals surface area (Å²) in [4.78, 5) is 29.9. The normalized spacial score (nSPS) is 17.5. The molecule has 4 rings (SSSR count). The van der Waals surface area contributed by atoms with Crippen LogP contribution in [0.4, 0.5) is 5.69 Å². The predicted molar refractivity (Wildman–Crippen MR) is 75.9 cm³/mol. The highest BCUT2D eigenvalue weighted by Gasteiger charge is 2.38. The molecule has 1 aliphatic heterocycles. The number of benzene rings is 1. The molecule has 1 aromatic heterocycles. The number of nitrogens with zero attached hydrogens (tertiary/aromatic N) is 3. The van der Waals surface area contributed by atoms with Crippen molar-refractivity contribution < 1.29 is 14.1 Å². The summed E-state index contributed by atoms with van der Waals surface area (Å²) in [6.45, 7) is 0.119. The number of hydrogen-bond acceptors (Lipinski definition) is 5. The monoisotopic (exact) mass is 347 g/mol. The molecular formula is C14H10BrN3O3. The maximum absolute atomic E-state index is 12.1. The van der Waals surface area contributed by atoms with Gasteiger partial charge in [-0.05, 0) is 40.9 Å². The summed E-state index contributed by atoms with van der Waals surface area (Å²) < 4.78 is 5.79. The number of Topliss-reactive ketones (excluding diaryl/α,β-unsaturated/α-hetero) is 1. The molecule has 2 aromatic rings. The first-order chi connectivity index (χ1) is 10.1. The summed E-state index contributed by atoms with van der Waals surface area (Å²) in [5.41, 5.74) is 0.968. The lowest BCUT2D eigenvalue weighted by atomic mass is 10.1. The highest BCUT2D eigenvalue weighted by molar-refractivity contribution is 9.10. The Hall–Kier alpha value is -2.02. The average Bonchev–Trinajstić information content (AvgIpc) is 3.17. The Kier molecular flexibility index (Phi) is 2.72. The summed E-state index contributed by atoms with van der Waals surface area (Å²) in [5.74, 6) is 0.352. The number of carbonyl (C=O) groups excluding carboxylic acids is 2. The van der Waals surface area contributed by atoms with E-state index in [-0.39, 0.29) is 6.54 Å². The maximum Gasteiger partial charge on any atom is 0.299 e. The number of halogens is 1. The van der Waals surface area contributed by atoms with Crippen molar-refractivity contribution in [2.24, 2.45) is 0 Å². The molecule has 6 nitrogen and oxygen atoms in total. The van der Waals surface area contributed by atoms with E-state index < -0.39 is 11.7 Å². The molecule has 1 saturated carbocycles. The fraction of sp³-hybridized carbons (Fsp3) is 0.286. The lowest BCUT2D eigenvalue weighted by Gasteiger charge is -2.13. The van der Waals surface area contributed by atoms with Crippen LogP contribution in [0.15, 0.2) is 27.2 Å². The van der Waals surface area contributed by atoms with Gasteiger partial charge in [-0.25, -0.2) is 0 Å². The van der Waals surface area contributed by atoms with Gasteiger partial charge in [0.1, 0.15) is 6.54 Å². The first-order valence-corrected chi connectivity index (χ1v) is 7.41. The Bertz CT molecular complexity index is 767. The number of hydrogen-bond donors (Lipinski definition) is 0. The average molecular weight is 348 g/mol. The van der Waals surface area contributed by atoms with Crippen molar-refractivity contribution in [1.82, 2.24) is 10.1 Å². The maximum atomic E-state index is 12.1. The number of ketones is 1. The molecule has 0 unspecified atom stereocenters. The minimum absolute atomic E-state index is 0.119. The quantitative estimate of drug-likeness (QED) is 0.797. The number of amides is 1. The summed E-state index contributed by atoms with van der Waals surface area (Å²) in [6.07, 6.45) is 2.16. The van der Waals surface area contributed by atoms with Gasteiger partial charge in [-0.3, -0.25) is 14.5 Å². The van der Waals surface area contributed by atoms with Gasteiger partial charge in [0.25, 0.3) is 11.7 Å². The Morgan fingerprint density at radius 3 is 2.90 bits per heavy atom. The fourth-order valence-electron chi connectivity index (χ4n) is 2.43. The van der Waals surface area contributed by atoms with Crippen molar-refractivity contribution in [3.05, 3.63) is 40.0 Å². The molecule has 0 bridgehead atoms. The minimum atomic E-state index is -0.567. The van der Waals surface area contributed by atoms with Crippen molar-refractivity contribution >= 4 is 33.3 Å². The van der Waals surface area contributed by atoms with Crippen molar-refractivity contribution in [3.8, 4) is 0 Å². The third-order valence-electron chi connectivity index (χ3n) is 3.67. The molecule has 0 N–H and O–H groups in total. The largest absolute Gasteiger partial charge is 0.337 e. The van der Waals surface area contributed by atoms with Crippen LogP contribution in [0.25, 0.3) is 0 Å². The molecule has 2 aliphatic rings. The number of carbonyl (C=O) groups is 2. The van der Waals surface area contributed by atoms with Crippen LogP contribution in [0, 0.1) is 0 Å². The van der Waals surface area contributed by atoms with Crippen molar-refractivity contribution in [2.45, 2.75) is 25.3 Å². The molecule has 0 atom stereocenters. The Morgan fingerprint density at radius 1 is 1.33 bits per heavy atom. The molecule has 7 heteroatoms. The lowest BCUT2D eigenvalue weighted by molar-refractivity contribution is -0.114. The zero-order chi connectivity index (χ0) is 14.6. The summed E-state index contributed by atoms with van der Waals surface area (Å²) in [5, 5.41) is 3.92. The van der Waals surface area contributed by atoms with Crippen LogP contribution in [0.3, 0.4) is 0 Å². The van der Waals surface area contributed by atoms with E-state index in [0.717, 1.165) is 12.8 Å². The van der Waals surface area contributed by atoms with Gasteiger partial charge in [0.15, 0.2) is 5.82 Å². The van der Waals surface area contributed by atoms with E-state index in [4.69, 9.17) is 4.52 Å². The van der Waals surface area contributed by atoms with E-state index in [1.54, 1.807) is 18.2 Å². The third kappa shape index (κ3) is 1.99. The van der Waals surface area contributed by atoms with E-state index in [9.17, 15) is 9.59 Å². The van der Waals surface area contributed by atoms with Gasteiger partial charge in [-0.15, -0.1) is 0 Å². The van der Waals surface area contributed by atoms with E-state index in [0.29, 0.717) is 33.4 Å². The van der Waals surface area contributed by atoms with Crippen LogP contribution in [-0.2, 0) is 11.3 Å². The topological polar surface area (TPSA) is 76.3 Å². The Balaban J connectivity index is 1.67. The van der Waals surface area contributed by atoms with Gasteiger partial charge in [0.2, 0.25) is 5.89 Å².